The summed E-state index contributed by atoms with van der Waals surface area (Å²) in [5.74, 6) is -5.04. The zero-order valence-corrected chi connectivity index (χ0v) is 12.9. The number of hydrogen-bond donors (Lipinski definition) is 0. The Bertz CT molecular complexity index is 586. The minimum absolute atomic E-state index is 0.0109. The molecule has 0 bridgehead atoms. The molecule has 10 heteroatoms. The highest BCUT2D eigenvalue weighted by Crippen LogP contribution is 2.41. The molecule has 2 unspecified atom stereocenters. The van der Waals surface area contributed by atoms with Crippen molar-refractivity contribution in [1.29, 1.82) is 0 Å². The Balaban J connectivity index is 1.79. The maximum atomic E-state index is 11.8. The molecule has 1 saturated heterocycles. The SMILES string of the molecule is CN(OC(=O)C1CC1C(=O)ON1C(=O)CCC1=O)C(=O)CCC=O. The fraction of sp³-hybridized carbons (Fsp3) is 0.571. The fourth-order valence-corrected chi connectivity index (χ4v) is 2.12. The summed E-state index contributed by atoms with van der Waals surface area (Å²) in [4.78, 5) is 77.6. The van der Waals surface area contributed by atoms with E-state index in [1.54, 1.807) is 0 Å². The van der Waals surface area contributed by atoms with Crippen LogP contribution in [-0.4, -0.2) is 53.1 Å². The van der Waals surface area contributed by atoms with E-state index in [-0.39, 0.29) is 32.1 Å². The highest BCUT2D eigenvalue weighted by molar-refractivity contribution is 6.02. The largest absolute Gasteiger partial charge is 0.338 e. The van der Waals surface area contributed by atoms with E-state index in [2.05, 4.69) is 0 Å². The lowest BCUT2D eigenvalue weighted by molar-refractivity contribution is -0.200. The van der Waals surface area contributed by atoms with Crippen LogP contribution in [0.1, 0.15) is 32.1 Å². The van der Waals surface area contributed by atoms with Crippen LogP contribution in [0.5, 0.6) is 0 Å². The first-order valence-corrected chi connectivity index (χ1v) is 7.34. The lowest BCUT2D eigenvalue weighted by Gasteiger charge is -2.15. The van der Waals surface area contributed by atoms with Crippen LogP contribution < -0.4 is 0 Å². The number of amides is 3. The van der Waals surface area contributed by atoms with Crippen LogP contribution in [0, 0.1) is 11.8 Å². The summed E-state index contributed by atoms with van der Waals surface area (Å²) < 4.78 is 0. The van der Waals surface area contributed by atoms with Gasteiger partial charge in [0.1, 0.15) is 6.29 Å². The summed E-state index contributed by atoms with van der Waals surface area (Å²) in [6, 6.07) is 0. The summed E-state index contributed by atoms with van der Waals surface area (Å²) in [5, 5.41) is 1.12. The molecule has 2 rings (SSSR count). The molecule has 2 atom stereocenters. The van der Waals surface area contributed by atoms with Gasteiger partial charge in [0.15, 0.2) is 0 Å². The molecule has 0 N–H and O–H groups in total. The second-order valence-corrected chi connectivity index (χ2v) is 5.45. The number of hydroxylamine groups is 4. The number of imide groups is 1. The van der Waals surface area contributed by atoms with Gasteiger partial charge in [0.2, 0.25) is 0 Å². The smallest absolute Gasteiger partial charge is 0.337 e. The molecule has 0 spiro atoms. The summed E-state index contributed by atoms with van der Waals surface area (Å²) in [7, 11) is 1.22. The molecule has 2 fully saturated rings. The third kappa shape index (κ3) is 3.94. The molecule has 1 saturated carbocycles. The first-order valence-electron chi connectivity index (χ1n) is 7.34. The second kappa shape index (κ2) is 7.20. The molecule has 0 aromatic heterocycles. The molecular weight excluding hydrogens is 324 g/mol. The van der Waals surface area contributed by atoms with Gasteiger partial charge in [-0.05, 0) is 6.42 Å². The predicted molar refractivity (Wildman–Crippen MR) is 72.9 cm³/mol. The number of rotatable bonds is 6. The Hall–Kier alpha value is -2.78. The molecule has 0 aromatic carbocycles. The summed E-state index contributed by atoms with van der Waals surface area (Å²) >= 11 is 0. The lowest BCUT2D eigenvalue weighted by atomic mass is 10.3. The maximum Gasteiger partial charge on any atom is 0.337 e. The predicted octanol–water partition coefficient (Wildman–Crippen LogP) is -0.875. The lowest BCUT2D eigenvalue weighted by Crippen LogP contribution is -2.34. The molecule has 0 aromatic rings. The Kier molecular flexibility index (Phi) is 5.27. The van der Waals surface area contributed by atoms with Gasteiger partial charge in [0.05, 0.1) is 11.8 Å². The highest BCUT2D eigenvalue weighted by Gasteiger charge is 2.52. The third-order valence-corrected chi connectivity index (χ3v) is 3.64. The number of aldehydes is 1. The van der Waals surface area contributed by atoms with Crippen molar-refractivity contribution in [2.45, 2.75) is 32.1 Å². The Morgan fingerprint density at radius 1 is 1.17 bits per heavy atom. The number of hydrogen-bond acceptors (Lipinski definition) is 8. The van der Waals surface area contributed by atoms with E-state index < -0.39 is 41.5 Å². The number of nitrogens with zero attached hydrogens (tertiary/aromatic N) is 2. The van der Waals surface area contributed by atoms with Crippen molar-refractivity contribution in [1.82, 2.24) is 10.1 Å². The monoisotopic (exact) mass is 340 g/mol. The molecule has 130 valence electrons. The van der Waals surface area contributed by atoms with Crippen molar-refractivity contribution in [2.24, 2.45) is 11.8 Å². The van der Waals surface area contributed by atoms with Crippen LogP contribution in [0.4, 0.5) is 0 Å². The van der Waals surface area contributed by atoms with Crippen LogP contribution in [0.25, 0.3) is 0 Å². The van der Waals surface area contributed by atoms with Crippen LogP contribution in [0.2, 0.25) is 0 Å². The van der Waals surface area contributed by atoms with Gasteiger partial charge in [0, 0.05) is 32.7 Å². The van der Waals surface area contributed by atoms with Crippen molar-refractivity contribution >= 4 is 35.9 Å². The summed E-state index contributed by atoms with van der Waals surface area (Å²) in [6.45, 7) is 0. The number of carbonyl (C=O) groups is 6. The highest BCUT2D eigenvalue weighted by atomic mass is 16.7. The molecule has 24 heavy (non-hydrogen) atoms. The Labute approximate surface area is 136 Å². The van der Waals surface area contributed by atoms with Crippen molar-refractivity contribution in [3.8, 4) is 0 Å². The van der Waals surface area contributed by atoms with Gasteiger partial charge in [-0.2, -0.15) is 5.06 Å². The molecule has 2 aliphatic rings. The van der Waals surface area contributed by atoms with Gasteiger partial charge in [-0.15, -0.1) is 5.06 Å². The van der Waals surface area contributed by atoms with Gasteiger partial charge in [0.25, 0.3) is 17.7 Å². The van der Waals surface area contributed by atoms with E-state index in [9.17, 15) is 28.8 Å². The van der Waals surface area contributed by atoms with Crippen molar-refractivity contribution in [3.63, 3.8) is 0 Å². The Morgan fingerprint density at radius 3 is 2.33 bits per heavy atom. The summed E-state index contributed by atoms with van der Waals surface area (Å²) in [6.07, 6.45) is 0.594. The zero-order chi connectivity index (χ0) is 17.9. The first-order chi connectivity index (χ1) is 11.3. The van der Waals surface area contributed by atoms with Gasteiger partial charge >= 0.3 is 11.9 Å². The minimum atomic E-state index is -0.865. The fourth-order valence-electron chi connectivity index (χ4n) is 2.12. The number of carbonyl (C=O) groups excluding carboxylic acids is 6. The van der Waals surface area contributed by atoms with Gasteiger partial charge < -0.3 is 14.5 Å². The molecule has 1 aliphatic heterocycles. The van der Waals surface area contributed by atoms with Crippen molar-refractivity contribution < 1.29 is 38.4 Å². The topological polar surface area (TPSA) is 127 Å². The second-order valence-electron chi connectivity index (χ2n) is 5.45. The van der Waals surface area contributed by atoms with Gasteiger partial charge in [-0.1, -0.05) is 0 Å². The molecule has 1 aliphatic carbocycles. The van der Waals surface area contributed by atoms with E-state index in [4.69, 9.17) is 9.68 Å². The van der Waals surface area contributed by atoms with Crippen LogP contribution in [0.3, 0.4) is 0 Å². The Morgan fingerprint density at radius 2 is 1.75 bits per heavy atom. The average molecular weight is 340 g/mol. The van der Waals surface area contributed by atoms with E-state index in [1.165, 1.54) is 7.05 Å². The zero-order valence-electron chi connectivity index (χ0n) is 12.9. The maximum absolute atomic E-state index is 11.8. The molecule has 10 nitrogen and oxygen atoms in total. The molecule has 1 heterocycles. The quantitative estimate of drug-likeness (QED) is 0.347. The van der Waals surface area contributed by atoms with Crippen LogP contribution in [-0.2, 0) is 38.4 Å². The normalized spacial score (nSPS) is 22.1. The van der Waals surface area contributed by atoms with Crippen LogP contribution >= 0.6 is 0 Å². The van der Waals surface area contributed by atoms with E-state index in [0.717, 1.165) is 0 Å². The molecule has 3 amide bonds. The van der Waals surface area contributed by atoms with E-state index in [0.29, 0.717) is 16.4 Å². The van der Waals surface area contributed by atoms with Gasteiger partial charge in [-0.3, -0.25) is 14.4 Å². The summed E-state index contributed by atoms with van der Waals surface area (Å²) in [5.41, 5.74) is 0. The van der Waals surface area contributed by atoms with Crippen molar-refractivity contribution in [3.05, 3.63) is 0 Å². The standard InChI is InChI=1S/C14H16N2O8/c1-15(10(18)3-2-6-17)23-13(21)8-7-9(8)14(22)24-16-11(19)4-5-12(16)20/h6,8-9H,2-5,7H2,1H3. The van der Waals surface area contributed by atoms with Crippen LogP contribution in [0.15, 0.2) is 0 Å². The third-order valence-electron chi connectivity index (χ3n) is 3.64. The molecular formula is C14H16N2O8. The minimum Gasteiger partial charge on any atom is -0.338 e. The van der Waals surface area contributed by atoms with Crippen molar-refractivity contribution in [2.75, 3.05) is 7.05 Å². The first kappa shape index (κ1) is 17.6. The average Bonchev–Trinajstić information content (AvgIpc) is 3.29. The molecule has 0 radical (unpaired) electrons. The van der Waals surface area contributed by atoms with Gasteiger partial charge in [-0.25, -0.2) is 9.59 Å². The van der Waals surface area contributed by atoms with E-state index in [1.807, 2.05) is 0 Å². The van der Waals surface area contributed by atoms with E-state index >= 15 is 0 Å².